The Morgan fingerprint density at radius 2 is 1.56 bits per heavy atom. The quantitative estimate of drug-likeness (QED) is 0.614. The summed E-state index contributed by atoms with van der Waals surface area (Å²) in [5.74, 6) is -1.02. The molecular formula is C11H8F6O. The Balaban J connectivity index is 1.83. The van der Waals surface area contributed by atoms with Gasteiger partial charge in [-0.3, -0.25) is 0 Å². The molecule has 6 atom stereocenters. The van der Waals surface area contributed by atoms with E-state index in [0.717, 1.165) is 6.42 Å². The van der Waals surface area contributed by atoms with Gasteiger partial charge >= 0.3 is 12.4 Å². The SMILES string of the molecule is FC(F)(F)C(=C1O[C@@H]2C3C4[C@@H]3C[C@@H]2[C@@H]14)C(F)(F)F. The summed E-state index contributed by atoms with van der Waals surface area (Å²) in [7, 11) is 0. The van der Waals surface area contributed by atoms with Crippen molar-refractivity contribution in [3.63, 3.8) is 0 Å². The summed E-state index contributed by atoms with van der Waals surface area (Å²) in [5, 5.41) is 0. The molecule has 1 aliphatic heterocycles. The van der Waals surface area contributed by atoms with E-state index >= 15 is 0 Å². The third-order valence-corrected chi connectivity index (χ3v) is 4.89. The van der Waals surface area contributed by atoms with E-state index < -0.39 is 29.6 Å². The van der Waals surface area contributed by atoms with Crippen molar-refractivity contribution < 1.29 is 31.1 Å². The van der Waals surface area contributed by atoms with Crippen LogP contribution < -0.4 is 0 Å². The number of rotatable bonds is 0. The summed E-state index contributed by atoms with van der Waals surface area (Å²) in [4.78, 5) is 0. The molecule has 18 heavy (non-hydrogen) atoms. The molecule has 6 bridgehead atoms. The third-order valence-electron chi connectivity index (χ3n) is 4.89. The summed E-state index contributed by atoms with van der Waals surface area (Å²) in [6, 6.07) is 0. The van der Waals surface area contributed by atoms with Crippen LogP contribution in [0.1, 0.15) is 6.42 Å². The van der Waals surface area contributed by atoms with Crippen molar-refractivity contribution in [3.8, 4) is 0 Å². The first-order chi connectivity index (χ1) is 8.21. The number of allylic oxidation sites excluding steroid dienone is 2. The van der Waals surface area contributed by atoms with Gasteiger partial charge in [0.05, 0.1) is 0 Å². The zero-order valence-electron chi connectivity index (χ0n) is 8.85. The van der Waals surface area contributed by atoms with Gasteiger partial charge in [0.2, 0.25) is 0 Å². The van der Waals surface area contributed by atoms with Crippen LogP contribution >= 0.6 is 0 Å². The van der Waals surface area contributed by atoms with E-state index in [-0.39, 0.29) is 23.9 Å². The maximum Gasteiger partial charge on any atom is 0.424 e. The first-order valence-corrected chi connectivity index (χ1v) is 5.76. The molecule has 0 spiro atoms. The fourth-order valence-corrected chi connectivity index (χ4v) is 4.51. The fraction of sp³-hybridized carbons (Fsp3) is 0.818. The van der Waals surface area contributed by atoms with Crippen molar-refractivity contribution in [2.75, 3.05) is 0 Å². The number of hydrogen-bond acceptors (Lipinski definition) is 1. The predicted molar refractivity (Wildman–Crippen MR) is 46.1 cm³/mol. The molecule has 1 saturated heterocycles. The molecule has 0 aromatic heterocycles. The number of alkyl halides is 6. The van der Waals surface area contributed by atoms with Gasteiger partial charge < -0.3 is 4.74 Å². The van der Waals surface area contributed by atoms with E-state index in [0.29, 0.717) is 5.92 Å². The molecule has 0 aromatic rings. The van der Waals surface area contributed by atoms with E-state index in [1.165, 1.54) is 0 Å². The van der Waals surface area contributed by atoms with Gasteiger partial charge in [0.25, 0.3) is 0 Å². The molecule has 5 rings (SSSR count). The van der Waals surface area contributed by atoms with Gasteiger partial charge in [-0.1, -0.05) is 0 Å². The lowest BCUT2D eigenvalue weighted by Gasteiger charge is -2.22. The van der Waals surface area contributed by atoms with Gasteiger partial charge in [0, 0.05) is 17.8 Å². The van der Waals surface area contributed by atoms with Crippen LogP contribution in [-0.4, -0.2) is 18.5 Å². The van der Waals surface area contributed by atoms with Crippen LogP contribution in [0.25, 0.3) is 0 Å². The largest absolute Gasteiger partial charge is 0.493 e. The third kappa shape index (κ3) is 1.07. The van der Waals surface area contributed by atoms with Crippen LogP contribution in [0.5, 0.6) is 0 Å². The maximum absolute atomic E-state index is 12.6. The fourth-order valence-electron chi connectivity index (χ4n) is 4.51. The smallest absolute Gasteiger partial charge is 0.424 e. The van der Waals surface area contributed by atoms with Gasteiger partial charge in [0.15, 0.2) is 5.57 Å². The summed E-state index contributed by atoms with van der Waals surface area (Å²) < 4.78 is 80.7. The highest BCUT2D eigenvalue weighted by Crippen LogP contribution is 2.79. The van der Waals surface area contributed by atoms with Crippen LogP contribution in [0.3, 0.4) is 0 Å². The van der Waals surface area contributed by atoms with Crippen molar-refractivity contribution in [1.82, 2.24) is 0 Å². The first kappa shape index (κ1) is 11.0. The molecule has 100 valence electrons. The van der Waals surface area contributed by atoms with E-state index in [2.05, 4.69) is 0 Å². The molecule has 1 heterocycles. The van der Waals surface area contributed by atoms with Crippen LogP contribution in [0.4, 0.5) is 26.3 Å². The Labute approximate surface area is 97.8 Å². The lowest BCUT2D eigenvalue weighted by atomic mass is 9.94. The summed E-state index contributed by atoms with van der Waals surface area (Å²) in [6.07, 6.45) is -10.4. The van der Waals surface area contributed by atoms with E-state index in [1.807, 2.05) is 0 Å². The minimum absolute atomic E-state index is 0.0171. The van der Waals surface area contributed by atoms with Crippen molar-refractivity contribution >= 4 is 0 Å². The van der Waals surface area contributed by atoms with Gasteiger partial charge in [0.1, 0.15) is 11.9 Å². The van der Waals surface area contributed by atoms with Gasteiger partial charge in [-0.2, -0.15) is 26.3 Å². The molecule has 4 aliphatic carbocycles. The molecular weight excluding hydrogens is 262 g/mol. The molecule has 7 heteroatoms. The van der Waals surface area contributed by atoms with Crippen molar-refractivity contribution in [2.24, 2.45) is 29.6 Å². The summed E-state index contributed by atoms with van der Waals surface area (Å²) in [6.45, 7) is 0. The molecule has 0 N–H and O–H groups in total. The maximum atomic E-state index is 12.6. The number of halogens is 6. The second-order valence-electron chi connectivity index (χ2n) is 5.56. The Kier molecular flexibility index (Phi) is 1.63. The molecule has 2 unspecified atom stereocenters. The van der Waals surface area contributed by atoms with Crippen molar-refractivity contribution in [1.29, 1.82) is 0 Å². The lowest BCUT2D eigenvalue weighted by Crippen LogP contribution is -2.30. The van der Waals surface area contributed by atoms with Gasteiger partial charge in [-0.25, -0.2) is 0 Å². The Bertz CT molecular complexity index is 445. The highest BCUT2D eigenvalue weighted by atomic mass is 19.4. The molecule has 1 nitrogen and oxygen atoms in total. The van der Waals surface area contributed by atoms with Gasteiger partial charge in [-0.05, 0) is 18.3 Å². The molecule has 5 aliphatic rings. The number of ether oxygens (including phenoxy) is 1. The average molecular weight is 270 g/mol. The van der Waals surface area contributed by atoms with Gasteiger partial charge in [-0.15, -0.1) is 0 Å². The Morgan fingerprint density at radius 1 is 0.944 bits per heavy atom. The average Bonchev–Trinajstić information content (AvgIpc) is 2.53. The topological polar surface area (TPSA) is 9.23 Å². The van der Waals surface area contributed by atoms with Crippen LogP contribution in [-0.2, 0) is 4.74 Å². The predicted octanol–water partition coefficient (Wildman–Crippen LogP) is 3.28. The number of hydrogen-bond donors (Lipinski definition) is 0. The Hall–Kier alpha value is -0.880. The van der Waals surface area contributed by atoms with Crippen LogP contribution in [0.2, 0.25) is 0 Å². The lowest BCUT2D eigenvalue weighted by molar-refractivity contribution is -0.177. The van der Waals surface area contributed by atoms with Crippen LogP contribution in [0.15, 0.2) is 11.3 Å². The molecule has 4 saturated carbocycles. The minimum atomic E-state index is -5.40. The molecule has 0 amide bonds. The second-order valence-corrected chi connectivity index (χ2v) is 5.56. The summed E-state index contributed by atoms with van der Waals surface area (Å²) in [5.41, 5.74) is -2.42. The standard InChI is InChI=1S/C11H8F6O/c12-10(13,14)9(11(15,16)17)8-6-3-1-2-4(6)5(2)7(3)18-8/h2-7H,1H2/t2-,3+,4?,5?,6+,7-/m0/s1. The monoisotopic (exact) mass is 270 g/mol. The summed E-state index contributed by atoms with van der Waals surface area (Å²) >= 11 is 0. The first-order valence-electron chi connectivity index (χ1n) is 5.76. The zero-order chi connectivity index (χ0) is 13.0. The minimum Gasteiger partial charge on any atom is -0.493 e. The van der Waals surface area contributed by atoms with E-state index in [1.54, 1.807) is 0 Å². The van der Waals surface area contributed by atoms with E-state index in [4.69, 9.17) is 4.74 Å². The molecule has 5 fully saturated rings. The Morgan fingerprint density at radius 3 is 1.94 bits per heavy atom. The molecule has 0 radical (unpaired) electrons. The highest BCUT2D eigenvalue weighted by molar-refractivity contribution is 5.37. The normalized spacial score (nSPS) is 47.6. The van der Waals surface area contributed by atoms with Crippen LogP contribution in [0, 0.1) is 29.6 Å². The zero-order valence-corrected chi connectivity index (χ0v) is 8.85. The van der Waals surface area contributed by atoms with E-state index in [9.17, 15) is 26.3 Å². The van der Waals surface area contributed by atoms with Crippen molar-refractivity contribution in [2.45, 2.75) is 24.9 Å². The molecule has 0 aromatic carbocycles. The highest BCUT2D eigenvalue weighted by Gasteiger charge is 2.80. The van der Waals surface area contributed by atoms with Crippen molar-refractivity contribution in [3.05, 3.63) is 11.3 Å². The second kappa shape index (κ2) is 2.67.